The predicted octanol–water partition coefficient (Wildman–Crippen LogP) is 5.47. The molecule has 0 bridgehead atoms. The second kappa shape index (κ2) is 9.38. The highest BCUT2D eigenvalue weighted by molar-refractivity contribution is 5.52. The molecule has 1 atom stereocenters. The lowest BCUT2D eigenvalue weighted by molar-refractivity contribution is 0.0446. The Morgan fingerprint density at radius 2 is 1.92 bits per heavy atom. The molecule has 3 heteroatoms. The zero-order valence-corrected chi connectivity index (χ0v) is 15.5. The van der Waals surface area contributed by atoms with Crippen LogP contribution in [0.3, 0.4) is 0 Å². The van der Waals surface area contributed by atoms with Crippen molar-refractivity contribution >= 4 is 6.08 Å². The Morgan fingerprint density at radius 3 is 2.56 bits per heavy atom. The summed E-state index contributed by atoms with van der Waals surface area (Å²) in [5.74, 6) is 1.28. The molecule has 1 heterocycles. The molecule has 0 saturated carbocycles. The van der Waals surface area contributed by atoms with Crippen molar-refractivity contribution in [2.45, 2.75) is 52.6 Å². The quantitative estimate of drug-likeness (QED) is 0.486. The fraction of sp³-hybridized carbons (Fsp3) is 0.409. The van der Waals surface area contributed by atoms with Crippen LogP contribution in [0, 0.1) is 5.41 Å². The fourth-order valence-electron chi connectivity index (χ4n) is 2.77. The number of para-hydroxylation sites is 1. The number of nitrogens with zero attached hydrogens (tertiary/aromatic N) is 1. The van der Waals surface area contributed by atoms with Gasteiger partial charge in [0.2, 0.25) is 0 Å². The first-order chi connectivity index (χ1) is 12.0. The Balaban J connectivity index is 2.25. The first kappa shape index (κ1) is 19.2. The molecule has 3 nitrogen and oxygen atoms in total. The summed E-state index contributed by atoms with van der Waals surface area (Å²) in [6, 6.07) is 13.4. The summed E-state index contributed by atoms with van der Waals surface area (Å²) >= 11 is 0. The van der Waals surface area contributed by atoms with Crippen LogP contribution in [-0.2, 0) is 0 Å². The minimum Gasteiger partial charge on any atom is -0.459 e. The van der Waals surface area contributed by atoms with E-state index in [1.165, 1.54) is 12.8 Å². The Hall–Kier alpha value is -2.13. The van der Waals surface area contributed by atoms with Gasteiger partial charge in [-0.25, -0.2) is 0 Å². The lowest BCUT2D eigenvalue weighted by Gasteiger charge is -2.32. The normalized spacial score (nSPS) is 13.5. The van der Waals surface area contributed by atoms with E-state index in [0.717, 1.165) is 24.2 Å². The Labute approximate surface area is 151 Å². The number of benzene rings is 1. The molecule has 0 saturated heterocycles. The average molecular weight is 339 g/mol. The number of ether oxygens (including phenoxy) is 1. The van der Waals surface area contributed by atoms with Gasteiger partial charge in [-0.1, -0.05) is 64.3 Å². The van der Waals surface area contributed by atoms with Crippen LogP contribution in [0.1, 0.15) is 52.0 Å². The molecule has 0 aliphatic heterocycles. The van der Waals surface area contributed by atoms with Crippen LogP contribution in [0.2, 0.25) is 0 Å². The van der Waals surface area contributed by atoms with Crippen LogP contribution in [0.15, 0.2) is 60.6 Å². The molecule has 0 radical (unpaired) electrons. The van der Waals surface area contributed by atoms with Crippen LogP contribution < -0.4 is 4.74 Å². The number of hydrogen-bond donors (Lipinski definition) is 1. The second-order valence-electron chi connectivity index (χ2n) is 7.10. The molecule has 0 amide bonds. The smallest absolute Gasteiger partial charge is 0.134 e. The van der Waals surface area contributed by atoms with Crippen molar-refractivity contribution in [3.63, 3.8) is 0 Å². The van der Waals surface area contributed by atoms with Crippen molar-refractivity contribution in [1.82, 2.24) is 4.98 Å². The Kier molecular flexibility index (Phi) is 7.20. The molecule has 0 spiro atoms. The van der Waals surface area contributed by atoms with Crippen LogP contribution in [0.25, 0.3) is 6.08 Å². The highest BCUT2D eigenvalue weighted by Gasteiger charge is 2.31. The molecule has 134 valence electrons. The summed E-state index contributed by atoms with van der Waals surface area (Å²) in [6.45, 7) is 6.38. The van der Waals surface area contributed by atoms with Gasteiger partial charge in [-0.3, -0.25) is 4.98 Å². The van der Waals surface area contributed by atoms with Gasteiger partial charge in [0.25, 0.3) is 0 Å². The average Bonchev–Trinajstić information content (AvgIpc) is 2.62. The van der Waals surface area contributed by atoms with Gasteiger partial charge in [-0.05, 0) is 41.7 Å². The van der Waals surface area contributed by atoms with Crippen LogP contribution in [-0.4, -0.2) is 16.2 Å². The minimum absolute atomic E-state index is 0.266. The van der Waals surface area contributed by atoms with Gasteiger partial charge in [-0.2, -0.15) is 0 Å². The van der Waals surface area contributed by atoms with Crippen molar-refractivity contribution < 1.29 is 9.84 Å². The van der Waals surface area contributed by atoms with E-state index < -0.39 is 6.10 Å². The summed E-state index contributed by atoms with van der Waals surface area (Å²) in [5.41, 5.74) is 0.648. The standard InChI is InChI=1S/C22H29NO2/c1-4-5-9-14-22(2,3)21(24)20(16-18-11-10-15-23-17-18)25-19-12-7-6-8-13-19/h6-8,10-13,15-17,21,24H,4-5,9,14H2,1-3H3. The van der Waals surface area contributed by atoms with Crippen LogP contribution >= 0.6 is 0 Å². The molecular weight excluding hydrogens is 310 g/mol. The van der Waals surface area contributed by atoms with Crippen molar-refractivity contribution in [2.24, 2.45) is 5.41 Å². The Bertz CT molecular complexity index is 650. The number of unbranched alkanes of at least 4 members (excludes halogenated alkanes) is 2. The third-order valence-corrected chi connectivity index (χ3v) is 4.41. The van der Waals surface area contributed by atoms with Crippen molar-refractivity contribution in [3.05, 3.63) is 66.2 Å². The molecule has 0 fully saturated rings. The van der Waals surface area contributed by atoms with Crippen molar-refractivity contribution in [2.75, 3.05) is 0 Å². The van der Waals surface area contributed by atoms with E-state index >= 15 is 0 Å². The van der Waals surface area contributed by atoms with E-state index in [9.17, 15) is 5.11 Å². The van der Waals surface area contributed by atoms with Gasteiger partial charge in [0, 0.05) is 12.4 Å². The van der Waals surface area contributed by atoms with Gasteiger partial charge in [-0.15, -0.1) is 0 Å². The number of aliphatic hydroxyl groups is 1. The second-order valence-corrected chi connectivity index (χ2v) is 7.10. The lowest BCUT2D eigenvalue weighted by atomic mass is 9.80. The maximum absolute atomic E-state index is 11.0. The highest BCUT2D eigenvalue weighted by atomic mass is 16.5. The third kappa shape index (κ3) is 6.02. The molecule has 1 aromatic carbocycles. The molecular formula is C22H29NO2. The summed E-state index contributed by atoms with van der Waals surface area (Å²) in [7, 11) is 0. The molecule has 1 unspecified atom stereocenters. The van der Waals surface area contributed by atoms with Crippen molar-refractivity contribution in [1.29, 1.82) is 0 Å². The van der Waals surface area contributed by atoms with E-state index in [1.54, 1.807) is 12.4 Å². The first-order valence-corrected chi connectivity index (χ1v) is 9.05. The molecule has 1 aromatic heterocycles. The zero-order valence-electron chi connectivity index (χ0n) is 15.5. The molecule has 25 heavy (non-hydrogen) atoms. The summed E-state index contributed by atoms with van der Waals surface area (Å²) in [5, 5.41) is 11.0. The summed E-state index contributed by atoms with van der Waals surface area (Å²) in [4.78, 5) is 4.15. The Morgan fingerprint density at radius 1 is 1.16 bits per heavy atom. The van der Waals surface area contributed by atoms with E-state index in [1.807, 2.05) is 48.5 Å². The van der Waals surface area contributed by atoms with Crippen LogP contribution in [0.5, 0.6) is 5.75 Å². The van der Waals surface area contributed by atoms with E-state index in [-0.39, 0.29) is 5.41 Å². The van der Waals surface area contributed by atoms with Gasteiger partial charge in [0.1, 0.15) is 17.6 Å². The largest absolute Gasteiger partial charge is 0.459 e. The number of aromatic nitrogens is 1. The number of pyridine rings is 1. The van der Waals surface area contributed by atoms with Gasteiger partial charge < -0.3 is 9.84 Å². The van der Waals surface area contributed by atoms with E-state index in [4.69, 9.17) is 4.74 Å². The van der Waals surface area contributed by atoms with Gasteiger partial charge in [0.05, 0.1) is 0 Å². The SMILES string of the molecule is CCCCCC(C)(C)C(O)C(=Cc1cccnc1)Oc1ccccc1. The molecule has 0 aliphatic rings. The van der Waals surface area contributed by atoms with E-state index in [0.29, 0.717) is 5.76 Å². The summed E-state index contributed by atoms with van der Waals surface area (Å²) in [6.07, 6.45) is 9.10. The maximum atomic E-state index is 11.0. The third-order valence-electron chi connectivity index (χ3n) is 4.41. The monoisotopic (exact) mass is 339 g/mol. The predicted molar refractivity (Wildman–Crippen MR) is 103 cm³/mol. The van der Waals surface area contributed by atoms with Crippen molar-refractivity contribution in [3.8, 4) is 5.75 Å². The number of rotatable bonds is 9. The first-order valence-electron chi connectivity index (χ1n) is 9.05. The van der Waals surface area contributed by atoms with Gasteiger partial charge in [0.15, 0.2) is 0 Å². The topological polar surface area (TPSA) is 42.4 Å². The van der Waals surface area contributed by atoms with E-state index in [2.05, 4.69) is 25.8 Å². The van der Waals surface area contributed by atoms with Gasteiger partial charge >= 0.3 is 0 Å². The molecule has 1 N–H and O–H groups in total. The number of aliphatic hydroxyl groups excluding tert-OH is 1. The maximum Gasteiger partial charge on any atom is 0.134 e. The minimum atomic E-state index is -0.690. The number of hydrogen-bond acceptors (Lipinski definition) is 3. The summed E-state index contributed by atoms with van der Waals surface area (Å²) < 4.78 is 6.06. The molecule has 2 aromatic rings. The molecule has 2 rings (SSSR count). The fourth-order valence-corrected chi connectivity index (χ4v) is 2.77. The van der Waals surface area contributed by atoms with Crippen LogP contribution in [0.4, 0.5) is 0 Å². The zero-order chi connectivity index (χ0) is 18.1. The highest BCUT2D eigenvalue weighted by Crippen LogP contribution is 2.33. The molecule has 0 aliphatic carbocycles. The lowest BCUT2D eigenvalue weighted by Crippen LogP contribution is -2.33.